The Morgan fingerprint density at radius 2 is 1.77 bits per heavy atom. The lowest BCUT2D eigenvalue weighted by atomic mass is 10.2. The lowest BCUT2D eigenvalue weighted by molar-refractivity contribution is -0.116. The van der Waals surface area contributed by atoms with Gasteiger partial charge in [0.15, 0.2) is 0 Å². The van der Waals surface area contributed by atoms with Crippen molar-refractivity contribution in [2.75, 3.05) is 32.1 Å². The van der Waals surface area contributed by atoms with Gasteiger partial charge in [-0.05, 0) is 55.3 Å². The molecule has 0 bridgehead atoms. The number of nitrogens with zero attached hydrogens (tertiary/aromatic N) is 1. The van der Waals surface area contributed by atoms with E-state index >= 15 is 0 Å². The first-order chi connectivity index (χ1) is 14.4. The summed E-state index contributed by atoms with van der Waals surface area (Å²) in [6.45, 7) is 1.26. The molecule has 30 heavy (non-hydrogen) atoms. The molecular formula is C21H25N3O5S. The Balaban J connectivity index is 1.48. The van der Waals surface area contributed by atoms with Gasteiger partial charge in [-0.15, -0.1) is 0 Å². The Morgan fingerprint density at radius 3 is 2.43 bits per heavy atom. The molecule has 0 aromatic heterocycles. The van der Waals surface area contributed by atoms with Crippen molar-refractivity contribution < 1.29 is 22.7 Å². The van der Waals surface area contributed by atoms with Crippen LogP contribution in [0, 0.1) is 0 Å². The first kappa shape index (κ1) is 21.8. The quantitative estimate of drug-likeness (QED) is 0.667. The highest BCUT2D eigenvalue weighted by atomic mass is 32.2. The third-order valence-corrected chi connectivity index (χ3v) is 6.72. The Bertz CT molecular complexity index is 1000. The number of ether oxygens (including phenoxy) is 1. The predicted octanol–water partition coefficient (Wildman–Crippen LogP) is 2.24. The lowest BCUT2D eigenvalue weighted by Gasteiger charge is -2.15. The molecule has 2 aromatic rings. The molecule has 0 spiro atoms. The van der Waals surface area contributed by atoms with Gasteiger partial charge < -0.3 is 15.4 Å². The van der Waals surface area contributed by atoms with Gasteiger partial charge in [0.05, 0.1) is 12.0 Å². The van der Waals surface area contributed by atoms with E-state index in [2.05, 4.69) is 10.6 Å². The molecule has 1 fully saturated rings. The zero-order valence-corrected chi connectivity index (χ0v) is 17.6. The van der Waals surface area contributed by atoms with Gasteiger partial charge in [0, 0.05) is 37.3 Å². The lowest BCUT2D eigenvalue weighted by Crippen LogP contribution is -2.28. The van der Waals surface area contributed by atoms with Crippen molar-refractivity contribution >= 4 is 27.5 Å². The first-order valence-corrected chi connectivity index (χ1v) is 11.2. The fourth-order valence-electron chi connectivity index (χ4n) is 3.17. The molecule has 0 aliphatic carbocycles. The number of sulfonamides is 1. The molecule has 8 nitrogen and oxygen atoms in total. The highest BCUT2D eigenvalue weighted by Crippen LogP contribution is 2.22. The second-order valence-electron chi connectivity index (χ2n) is 6.92. The highest BCUT2D eigenvalue weighted by molar-refractivity contribution is 7.89. The summed E-state index contributed by atoms with van der Waals surface area (Å²) >= 11 is 0. The van der Waals surface area contributed by atoms with E-state index in [1.165, 1.54) is 23.5 Å². The van der Waals surface area contributed by atoms with Crippen LogP contribution in [0.4, 0.5) is 5.69 Å². The molecule has 1 heterocycles. The van der Waals surface area contributed by atoms with Crippen LogP contribution < -0.4 is 15.4 Å². The summed E-state index contributed by atoms with van der Waals surface area (Å²) < 4.78 is 31.6. The molecule has 9 heteroatoms. The zero-order valence-electron chi connectivity index (χ0n) is 16.8. The standard InChI is InChI=1S/C21H25N3O5S/c1-29-18-6-4-5-16(15-18)21(26)22-12-11-20(25)23-17-7-9-19(10-8-17)30(27,28)24-13-2-3-14-24/h4-10,15H,2-3,11-14H2,1H3,(H,22,26)(H,23,25). The minimum Gasteiger partial charge on any atom is -0.497 e. The number of hydrogen-bond donors (Lipinski definition) is 2. The monoisotopic (exact) mass is 431 g/mol. The van der Waals surface area contributed by atoms with Crippen molar-refractivity contribution in [3.8, 4) is 5.75 Å². The fraction of sp³-hybridized carbons (Fsp3) is 0.333. The van der Waals surface area contributed by atoms with Gasteiger partial charge >= 0.3 is 0 Å². The smallest absolute Gasteiger partial charge is 0.251 e. The Morgan fingerprint density at radius 1 is 1.07 bits per heavy atom. The summed E-state index contributed by atoms with van der Waals surface area (Å²) in [5.41, 5.74) is 0.948. The maximum absolute atomic E-state index is 12.5. The molecular weight excluding hydrogens is 406 g/mol. The molecule has 1 aliphatic rings. The van der Waals surface area contributed by atoms with E-state index in [-0.39, 0.29) is 29.7 Å². The number of hydrogen-bond acceptors (Lipinski definition) is 5. The highest BCUT2D eigenvalue weighted by Gasteiger charge is 2.26. The molecule has 2 N–H and O–H groups in total. The van der Waals surface area contributed by atoms with Crippen LogP contribution in [0.25, 0.3) is 0 Å². The van der Waals surface area contributed by atoms with Gasteiger partial charge in [0.25, 0.3) is 5.91 Å². The number of benzene rings is 2. The Labute approximate surface area is 176 Å². The van der Waals surface area contributed by atoms with E-state index in [1.54, 1.807) is 36.4 Å². The van der Waals surface area contributed by atoms with Crippen molar-refractivity contribution in [1.29, 1.82) is 0 Å². The molecule has 1 saturated heterocycles. The molecule has 2 aromatic carbocycles. The van der Waals surface area contributed by atoms with Crippen molar-refractivity contribution in [2.45, 2.75) is 24.2 Å². The van der Waals surface area contributed by atoms with Crippen molar-refractivity contribution in [1.82, 2.24) is 9.62 Å². The SMILES string of the molecule is COc1cccc(C(=O)NCCC(=O)Nc2ccc(S(=O)(=O)N3CCCC3)cc2)c1. The van der Waals surface area contributed by atoms with Crippen LogP contribution in [-0.4, -0.2) is 51.3 Å². The molecule has 0 saturated carbocycles. The summed E-state index contributed by atoms with van der Waals surface area (Å²) in [4.78, 5) is 24.5. The molecule has 0 radical (unpaired) electrons. The van der Waals surface area contributed by atoms with E-state index in [0.717, 1.165) is 12.8 Å². The largest absolute Gasteiger partial charge is 0.497 e. The second kappa shape index (κ2) is 9.73. The first-order valence-electron chi connectivity index (χ1n) is 9.72. The normalized spacial score (nSPS) is 14.3. The summed E-state index contributed by atoms with van der Waals surface area (Å²) in [5, 5.41) is 5.39. The van der Waals surface area contributed by atoms with Gasteiger partial charge in [0.2, 0.25) is 15.9 Å². The summed E-state index contributed by atoms with van der Waals surface area (Å²) in [6.07, 6.45) is 1.84. The predicted molar refractivity (Wildman–Crippen MR) is 113 cm³/mol. The zero-order chi connectivity index (χ0) is 21.6. The Hall–Kier alpha value is -2.91. The van der Waals surface area contributed by atoms with E-state index < -0.39 is 10.0 Å². The molecule has 0 unspecified atom stereocenters. The van der Waals surface area contributed by atoms with Crippen molar-refractivity contribution in [2.24, 2.45) is 0 Å². The second-order valence-corrected chi connectivity index (χ2v) is 8.86. The average molecular weight is 432 g/mol. The van der Waals surface area contributed by atoms with Gasteiger partial charge in [-0.25, -0.2) is 8.42 Å². The van der Waals surface area contributed by atoms with Crippen molar-refractivity contribution in [3.63, 3.8) is 0 Å². The third kappa shape index (κ3) is 5.37. The van der Waals surface area contributed by atoms with E-state index in [1.807, 2.05) is 0 Å². The molecule has 1 aliphatic heterocycles. The topological polar surface area (TPSA) is 105 Å². The number of anilines is 1. The number of nitrogens with one attached hydrogen (secondary N) is 2. The maximum Gasteiger partial charge on any atom is 0.251 e. The third-order valence-electron chi connectivity index (χ3n) is 4.81. The van der Waals surface area contributed by atoms with Crippen LogP contribution in [0.5, 0.6) is 5.75 Å². The molecule has 2 amide bonds. The fourth-order valence-corrected chi connectivity index (χ4v) is 4.68. The van der Waals surface area contributed by atoms with Gasteiger partial charge in [-0.2, -0.15) is 4.31 Å². The number of carbonyl (C=O) groups excluding carboxylic acids is 2. The average Bonchev–Trinajstić information content (AvgIpc) is 3.30. The van der Waals surface area contributed by atoms with Crippen LogP contribution in [0.1, 0.15) is 29.6 Å². The maximum atomic E-state index is 12.5. The number of carbonyl (C=O) groups is 2. The van der Waals surface area contributed by atoms with Crippen LogP contribution in [0.2, 0.25) is 0 Å². The number of methoxy groups -OCH3 is 1. The molecule has 0 atom stereocenters. The minimum absolute atomic E-state index is 0.0868. The molecule has 160 valence electrons. The van der Waals surface area contributed by atoms with Crippen LogP contribution in [0.15, 0.2) is 53.4 Å². The number of amides is 2. The number of rotatable bonds is 8. The van der Waals surface area contributed by atoms with Crippen LogP contribution in [0.3, 0.4) is 0 Å². The van der Waals surface area contributed by atoms with Gasteiger partial charge in [0.1, 0.15) is 5.75 Å². The summed E-state index contributed by atoms with van der Waals surface area (Å²) in [5.74, 6) is 0.00449. The summed E-state index contributed by atoms with van der Waals surface area (Å²) in [7, 11) is -1.95. The van der Waals surface area contributed by atoms with Crippen molar-refractivity contribution in [3.05, 3.63) is 54.1 Å². The van der Waals surface area contributed by atoms with Gasteiger partial charge in [-0.3, -0.25) is 9.59 Å². The van der Waals surface area contributed by atoms with Crippen LogP contribution in [-0.2, 0) is 14.8 Å². The minimum atomic E-state index is -3.47. The van der Waals surface area contributed by atoms with E-state index in [4.69, 9.17) is 4.74 Å². The Kier molecular flexibility index (Phi) is 7.07. The van der Waals surface area contributed by atoms with E-state index in [0.29, 0.717) is 30.1 Å². The van der Waals surface area contributed by atoms with Crippen LogP contribution >= 0.6 is 0 Å². The van der Waals surface area contributed by atoms with E-state index in [9.17, 15) is 18.0 Å². The summed E-state index contributed by atoms with van der Waals surface area (Å²) in [6, 6.07) is 12.9. The van der Waals surface area contributed by atoms with Gasteiger partial charge in [-0.1, -0.05) is 6.07 Å². The molecule has 3 rings (SSSR count).